The minimum atomic E-state index is -3.56. The molecule has 2 aromatic carbocycles. The summed E-state index contributed by atoms with van der Waals surface area (Å²) in [5, 5.41) is 5.18. The van der Waals surface area contributed by atoms with Gasteiger partial charge in [-0.3, -0.25) is 4.90 Å². The first kappa shape index (κ1) is 21.3. The Morgan fingerprint density at radius 2 is 1.67 bits per heavy atom. The van der Waals surface area contributed by atoms with Crippen LogP contribution in [0, 0.1) is 6.92 Å². The van der Waals surface area contributed by atoms with Crippen molar-refractivity contribution in [2.75, 3.05) is 26.2 Å². The molecule has 0 atom stereocenters. The van der Waals surface area contributed by atoms with Gasteiger partial charge in [0, 0.05) is 41.8 Å². The third-order valence-corrected chi connectivity index (χ3v) is 7.56. The minimum Gasteiger partial charge on any atom is -0.338 e. The van der Waals surface area contributed by atoms with E-state index in [1.807, 2.05) is 12.1 Å². The Kier molecular flexibility index (Phi) is 6.13. The molecule has 2 heterocycles. The summed E-state index contributed by atoms with van der Waals surface area (Å²) in [6, 6.07) is 12.0. The summed E-state index contributed by atoms with van der Waals surface area (Å²) >= 11 is 11.9. The Labute approximate surface area is 185 Å². The summed E-state index contributed by atoms with van der Waals surface area (Å²) < 4.78 is 32.8. The molecule has 0 unspecified atom stereocenters. The number of nitrogens with zero attached hydrogens (tertiary/aromatic N) is 4. The molecule has 1 aliphatic heterocycles. The predicted molar refractivity (Wildman–Crippen MR) is 115 cm³/mol. The SMILES string of the molecule is Cc1cc(Cl)ccc1S(=O)(=O)N1CCN(Cc2nc(-c3ccc(Cl)cc3)no2)CC1. The molecule has 0 radical (unpaired) electrons. The number of piperazine rings is 1. The molecular formula is C20H20Cl2N4O3S. The molecule has 1 saturated heterocycles. The number of halogens is 2. The van der Waals surface area contributed by atoms with E-state index in [2.05, 4.69) is 15.0 Å². The number of hydrogen-bond acceptors (Lipinski definition) is 6. The smallest absolute Gasteiger partial charge is 0.243 e. The second-order valence-corrected chi connectivity index (χ2v) is 9.89. The average Bonchev–Trinajstić information content (AvgIpc) is 3.17. The lowest BCUT2D eigenvalue weighted by molar-refractivity contribution is 0.163. The van der Waals surface area contributed by atoms with Crippen molar-refractivity contribution in [3.63, 3.8) is 0 Å². The van der Waals surface area contributed by atoms with Crippen molar-refractivity contribution in [2.24, 2.45) is 0 Å². The third kappa shape index (κ3) is 4.53. The predicted octanol–water partition coefficient (Wildman–Crippen LogP) is 3.86. The molecule has 0 spiro atoms. The molecule has 1 fully saturated rings. The number of aryl methyl sites for hydroxylation is 1. The number of aromatic nitrogens is 2. The Morgan fingerprint density at radius 3 is 2.33 bits per heavy atom. The van der Waals surface area contributed by atoms with E-state index in [-0.39, 0.29) is 0 Å². The highest BCUT2D eigenvalue weighted by Gasteiger charge is 2.30. The van der Waals surface area contributed by atoms with Crippen LogP contribution in [-0.2, 0) is 16.6 Å². The second-order valence-electron chi connectivity index (χ2n) is 7.11. The van der Waals surface area contributed by atoms with Crippen LogP contribution in [0.1, 0.15) is 11.5 Å². The molecule has 10 heteroatoms. The van der Waals surface area contributed by atoms with Crippen LogP contribution >= 0.6 is 23.2 Å². The van der Waals surface area contributed by atoms with Gasteiger partial charge in [0.05, 0.1) is 11.4 Å². The number of hydrogen-bond donors (Lipinski definition) is 0. The van der Waals surface area contributed by atoms with E-state index in [0.717, 1.165) is 5.56 Å². The topological polar surface area (TPSA) is 79.5 Å². The van der Waals surface area contributed by atoms with Gasteiger partial charge in [0.15, 0.2) is 0 Å². The third-order valence-electron chi connectivity index (χ3n) is 5.02. The molecule has 0 amide bonds. The van der Waals surface area contributed by atoms with Crippen LogP contribution in [0.25, 0.3) is 11.4 Å². The number of rotatable bonds is 5. The van der Waals surface area contributed by atoms with Gasteiger partial charge in [-0.1, -0.05) is 28.4 Å². The van der Waals surface area contributed by atoms with Crippen molar-refractivity contribution >= 4 is 33.2 Å². The normalized spacial score (nSPS) is 16.1. The van der Waals surface area contributed by atoms with E-state index in [4.69, 9.17) is 27.7 Å². The van der Waals surface area contributed by atoms with Crippen LogP contribution in [0.5, 0.6) is 0 Å². The van der Waals surface area contributed by atoms with Gasteiger partial charge in [-0.05, 0) is 55.0 Å². The fourth-order valence-electron chi connectivity index (χ4n) is 3.40. The van der Waals surface area contributed by atoms with Crippen molar-refractivity contribution in [3.8, 4) is 11.4 Å². The first-order valence-corrected chi connectivity index (χ1v) is 11.6. The van der Waals surface area contributed by atoms with E-state index in [1.54, 1.807) is 37.3 Å². The van der Waals surface area contributed by atoms with Gasteiger partial charge >= 0.3 is 0 Å². The fraction of sp³-hybridized carbons (Fsp3) is 0.300. The number of benzene rings is 2. The van der Waals surface area contributed by atoms with E-state index in [1.165, 1.54) is 4.31 Å². The summed E-state index contributed by atoms with van der Waals surface area (Å²) in [5.41, 5.74) is 1.47. The van der Waals surface area contributed by atoms with Crippen molar-refractivity contribution < 1.29 is 12.9 Å². The van der Waals surface area contributed by atoms with Crippen molar-refractivity contribution in [2.45, 2.75) is 18.4 Å². The maximum atomic E-state index is 13.0. The summed E-state index contributed by atoms with van der Waals surface area (Å²) in [7, 11) is -3.56. The Morgan fingerprint density at radius 1 is 1.00 bits per heavy atom. The maximum Gasteiger partial charge on any atom is 0.243 e. The highest BCUT2D eigenvalue weighted by molar-refractivity contribution is 7.89. The van der Waals surface area contributed by atoms with Crippen LogP contribution in [0.15, 0.2) is 51.9 Å². The molecule has 0 aliphatic carbocycles. The van der Waals surface area contributed by atoms with Crippen molar-refractivity contribution in [1.29, 1.82) is 0 Å². The van der Waals surface area contributed by atoms with Gasteiger partial charge < -0.3 is 4.52 Å². The Balaban J connectivity index is 1.38. The maximum absolute atomic E-state index is 13.0. The van der Waals surface area contributed by atoms with Crippen LogP contribution < -0.4 is 0 Å². The van der Waals surface area contributed by atoms with E-state index < -0.39 is 10.0 Å². The zero-order valence-corrected chi connectivity index (χ0v) is 18.6. The van der Waals surface area contributed by atoms with Gasteiger partial charge in [-0.25, -0.2) is 8.42 Å². The largest absolute Gasteiger partial charge is 0.338 e. The zero-order valence-electron chi connectivity index (χ0n) is 16.3. The standard InChI is InChI=1S/C20H20Cl2N4O3S/c1-14-12-17(22)6-7-18(14)30(27,28)26-10-8-25(9-11-26)13-19-23-20(24-29-19)15-2-4-16(21)5-3-15/h2-7,12H,8-11,13H2,1H3. The summed E-state index contributed by atoms with van der Waals surface area (Å²) in [6.07, 6.45) is 0. The lowest BCUT2D eigenvalue weighted by Crippen LogP contribution is -2.48. The van der Waals surface area contributed by atoms with Gasteiger partial charge in [0.25, 0.3) is 0 Å². The van der Waals surface area contributed by atoms with Crippen LogP contribution in [-0.4, -0.2) is 53.9 Å². The lowest BCUT2D eigenvalue weighted by atomic mass is 10.2. The van der Waals surface area contributed by atoms with Gasteiger partial charge in [0.2, 0.25) is 21.7 Å². The Bertz CT molecular complexity index is 1140. The molecule has 1 aromatic heterocycles. The lowest BCUT2D eigenvalue weighted by Gasteiger charge is -2.33. The van der Waals surface area contributed by atoms with Gasteiger partial charge in [0.1, 0.15) is 0 Å². The van der Waals surface area contributed by atoms with Gasteiger partial charge in [-0.15, -0.1) is 0 Å². The van der Waals surface area contributed by atoms with E-state index >= 15 is 0 Å². The summed E-state index contributed by atoms with van der Waals surface area (Å²) in [4.78, 5) is 6.83. The van der Waals surface area contributed by atoms with E-state index in [0.29, 0.717) is 64.9 Å². The molecule has 3 aromatic rings. The minimum absolute atomic E-state index is 0.296. The molecular weight excluding hydrogens is 447 g/mol. The van der Waals surface area contributed by atoms with Gasteiger partial charge in [-0.2, -0.15) is 9.29 Å². The van der Waals surface area contributed by atoms with Crippen LogP contribution in [0.2, 0.25) is 10.0 Å². The molecule has 30 heavy (non-hydrogen) atoms. The molecule has 4 rings (SSSR count). The fourth-order valence-corrected chi connectivity index (χ4v) is 5.38. The van der Waals surface area contributed by atoms with Crippen LogP contribution in [0.3, 0.4) is 0 Å². The monoisotopic (exact) mass is 466 g/mol. The quantitative estimate of drug-likeness (QED) is 0.567. The van der Waals surface area contributed by atoms with Crippen molar-refractivity contribution in [3.05, 3.63) is 64.0 Å². The first-order chi connectivity index (χ1) is 14.3. The second kappa shape index (κ2) is 8.64. The highest BCUT2D eigenvalue weighted by Crippen LogP contribution is 2.24. The van der Waals surface area contributed by atoms with Crippen LogP contribution in [0.4, 0.5) is 0 Å². The summed E-state index contributed by atoms with van der Waals surface area (Å²) in [6.45, 7) is 4.15. The molecule has 0 bridgehead atoms. The number of sulfonamides is 1. The highest BCUT2D eigenvalue weighted by atomic mass is 35.5. The first-order valence-electron chi connectivity index (χ1n) is 9.40. The summed E-state index contributed by atoms with van der Waals surface area (Å²) in [5.74, 6) is 0.992. The molecule has 0 N–H and O–H groups in total. The molecule has 0 saturated carbocycles. The molecule has 1 aliphatic rings. The van der Waals surface area contributed by atoms with E-state index in [9.17, 15) is 8.42 Å². The molecule has 7 nitrogen and oxygen atoms in total. The average molecular weight is 467 g/mol. The molecule has 158 valence electrons. The van der Waals surface area contributed by atoms with Crippen molar-refractivity contribution in [1.82, 2.24) is 19.3 Å². The zero-order chi connectivity index (χ0) is 21.3. The Hall–Kier alpha value is -1.97.